The zero-order chi connectivity index (χ0) is 12.3. The first-order valence-corrected chi connectivity index (χ1v) is 6.40. The maximum atomic E-state index is 12.0. The predicted molar refractivity (Wildman–Crippen MR) is 66.6 cm³/mol. The third-order valence-corrected chi connectivity index (χ3v) is 3.86. The highest BCUT2D eigenvalue weighted by atomic mass is 31.0. The first kappa shape index (κ1) is 13.4. The van der Waals surface area contributed by atoms with Gasteiger partial charge in [0.05, 0.1) is 5.41 Å². The van der Waals surface area contributed by atoms with Crippen molar-refractivity contribution >= 4 is 21.1 Å². The van der Waals surface area contributed by atoms with Crippen LogP contribution in [0.5, 0.6) is 0 Å². The van der Waals surface area contributed by atoms with Crippen LogP contribution < -0.4 is 11.1 Å². The molecule has 0 heterocycles. The normalized spacial score (nSPS) is 19.2. The number of amides is 2. The molecule has 0 aromatic heterocycles. The second-order valence-electron chi connectivity index (χ2n) is 4.90. The van der Waals surface area contributed by atoms with Gasteiger partial charge in [0.25, 0.3) is 0 Å². The fourth-order valence-electron chi connectivity index (χ4n) is 1.88. The number of carbonyl (C=O) groups excluding carboxylic acids is 2. The number of hydrogen-bond donors (Lipinski definition) is 2. The van der Waals surface area contributed by atoms with E-state index in [0.29, 0.717) is 18.8 Å². The molecular formula is C11H21N2O2P. The Kier molecular flexibility index (Phi) is 4.31. The van der Waals surface area contributed by atoms with Crippen LogP contribution in [0.3, 0.4) is 0 Å². The van der Waals surface area contributed by atoms with Gasteiger partial charge in [0, 0.05) is 12.2 Å². The minimum Gasteiger partial charge on any atom is -0.370 e. The van der Waals surface area contributed by atoms with Crippen molar-refractivity contribution in [3.05, 3.63) is 0 Å². The van der Waals surface area contributed by atoms with Crippen molar-refractivity contribution < 1.29 is 9.59 Å². The number of hydrogen-bond acceptors (Lipinski definition) is 2. The highest BCUT2D eigenvalue weighted by molar-refractivity contribution is 7.17. The molecule has 2 unspecified atom stereocenters. The molecule has 0 bridgehead atoms. The zero-order valence-electron chi connectivity index (χ0n) is 9.95. The summed E-state index contributed by atoms with van der Waals surface area (Å²) < 4.78 is 0. The van der Waals surface area contributed by atoms with Crippen LogP contribution in [0.15, 0.2) is 0 Å². The Balaban J connectivity index is 2.37. The van der Waals surface area contributed by atoms with Gasteiger partial charge in [0.2, 0.25) is 11.8 Å². The van der Waals surface area contributed by atoms with E-state index in [0.717, 1.165) is 12.8 Å². The van der Waals surface area contributed by atoms with Crippen molar-refractivity contribution in [2.75, 3.05) is 0 Å². The van der Waals surface area contributed by atoms with E-state index < -0.39 is 0 Å². The minimum atomic E-state index is -0.327. The van der Waals surface area contributed by atoms with Crippen molar-refractivity contribution in [2.24, 2.45) is 17.1 Å². The van der Waals surface area contributed by atoms with E-state index in [2.05, 4.69) is 28.4 Å². The van der Waals surface area contributed by atoms with E-state index in [1.807, 2.05) is 0 Å². The third-order valence-electron chi connectivity index (χ3n) is 3.36. The van der Waals surface area contributed by atoms with E-state index in [1.165, 1.54) is 0 Å². The Morgan fingerprint density at radius 1 is 1.44 bits per heavy atom. The molecule has 0 saturated heterocycles. The lowest BCUT2D eigenvalue weighted by atomic mass is 9.91. The molecule has 1 aliphatic carbocycles. The standard InChI is InChI=1S/C11H21N2O2P/c1-7(2)11(5-6-11)10(15)13-9(16)4-3-8(12)14/h7,9H,3-6,16H2,1-2H3,(H2,12,14)(H,13,15). The Bertz CT molecular complexity index is 288. The second kappa shape index (κ2) is 5.13. The van der Waals surface area contributed by atoms with Crippen LogP contribution in [0.2, 0.25) is 0 Å². The fraction of sp³-hybridized carbons (Fsp3) is 0.818. The number of nitrogens with one attached hydrogen (secondary N) is 1. The van der Waals surface area contributed by atoms with Crippen LogP contribution in [0.1, 0.15) is 39.5 Å². The average Bonchev–Trinajstić information content (AvgIpc) is 2.95. The van der Waals surface area contributed by atoms with Gasteiger partial charge < -0.3 is 11.1 Å². The molecule has 0 aromatic rings. The summed E-state index contributed by atoms with van der Waals surface area (Å²) in [5.74, 6) is 0.107. The molecule has 1 aliphatic rings. The zero-order valence-corrected chi connectivity index (χ0v) is 11.1. The average molecular weight is 244 g/mol. The molecule has 3 N–H and O–H groups in total. The van der Waals surface area contributed by atoms with Gasteiger partial charge in [0.1, 0.15) is 0 Å². The van der Waals surface area contributed by atoms with E-state index in [1.54, 1.807) is 0 Å². The van der Waals surface area contributed by atoms with Gasteiger partial charge in [-0.3, -0.25) is 9.59 Å². The molecule has 2 amide bonds. The topological polar surface area (TPSA) is 72.2 Å². The Morgan fingerprint density at radius 2 is 2.00 bits per heavy atom. The maximum Gasteiger partial charge on any atom is 0.226 e. The van der Waals surface area contributed by atoms with Crippen LogP contribution in [0.4, 0.5) is 0 Å². The monoisotopic (exact) mass is 244 g/mol. The maximum absolute atomic E-state index is 12.0. The highest BCUT2D eigenvalue weighted by Crippen LogP contribution is 2.52. The number of nitrogens with two attached hydrogens (primary N) is 1. The largest absolute Gasteiger partial charge is 0.370 e. The molecule has 1 fully saturated rings. The Hall–Kier alpha value is -0.630. The summed E-state index contributed by atoms with van der Waals surface area (Å²) in [7, 11) is 2.55. The van der Waals surface area contributed by atoms with Crippen LogP contribution >= 0.6 is 9.24 Å². The fourth-order valence-corrected chi connectivity index (χ4v) is 2.20. The molecule has 0 radical (unpaired) electrons. The van der Waals surface area contributed by atoms with Crippen molar-refractivity contribution in [2.45, 2.75) is 45.3 Å². The summed E-state index contributed by atoms with van der Waals surface area (Å²) in [4.78, 5) is 22.6. The van der Waals surface area contributed by atoms with Gasteiger partial charge in [0.15, 0.2) is 0 Å². The van der Waals surface area contributed by atoms with Gasteiger partial charge in [-0.05, 0) is 25.2 Å². The molecule has 0 spiro atoms. The van der Waals surface area contributed by atoms with Crippen molar-refractivity contribution in [1.82, 2.24) is 5.32 Å². The minimum absolute atomic E-state index is 0.0591. The summed E-state index contributed by atoms with van der Waals surface area (Å²) in [5, 5.41) is 2.94. The molecule has 2 atom stereocenters. The van der Waals surface area contributed by atoms with Gasteiger partial charge in [-0.1, -0.05) is 13.8 Å². The quantitative estimate of drug-likeness (QED) is 0.684. The number of primary amides is 1. The molecule has 16 heavy (non-hydrogen) atoms. The second-order valence-corrected chi connectivity index (χ2v) is 5.70. The van der Waals surface area contributed by atoms with E-state index in [9.17, 15) is 9.59 Å². The molecule has 1 saturated carbocycles. The first-order chi connectivity index (χ1) is 7.38. The summed E-state index contributed by atoms with van der Waals surface area (Å²) in [5.41, 5.74) is 4.91. The lowest BCUT2D eigenvalue weighted by Crippen LogP contribution is -2.39. The molecule has 1 rings (SSSR count). The highest BCUT2D eigenvalue weighted by Gasteiger charge is 2.52. The summed E-state index contributed by atoms with van der Waals surface area (Å²) in [6.45, 7) is 4.15. The van der Waals surface area contributed by atoms with E-state index in [-0.39, 0.29) is 23.0 Å². The van der Waals surface area contributed by atoms with Gasteiger partial charge in [-0.2, -0.15) is 0 Å². The molecule has 0 aromatic carbocycles. The summed E-state index contributed by atoms with van der Waals surface area (Å²) in [6.07, 6.45) is 2.84. The molecular weight excluding hydrogens is 223 g/mol. The van der Waals surface area contributed by atoms with Gasteiger partial charge in [-0.25, -0.2) is 0 Å². The number of carbonyl (C=O) groups is 2. The SMILES string of the molecule is CC(C)C1(C(=O)NC(P)CCC(N)=O)CC1. The van der Waals surface area contributed by atoms with Crippen molar-refractivity contribution in [1.29, 1.82) is 0 Å². The number of rotatable bonds is 6. The van der Waals surface area contributed by atoms with Crippen LogP contribution in [-0.2, 0) is 9.59 Å². The van der Waals surface area contributed by atoms with Gasteiger partial charge >= 0.3 is 0 Å². The van der Waals surface area contributed by atoms with Crippen LogP contribution in [-0.4, -0.2) is 17.6 Å². The lowest BCUT2D eigenvalue weighted by molar-refractivity contribution is -0.128. The smallest absolute Gasteiger partial charge is 0.226 e. The van der Waals surface area contributed by atoms with E-state index in [4.69, 9.17) is 5.73 Å². The lowest BCUT2D eigenvalue weighted by Gasteiger charge is -2.22. The third kappa shape index (κ3) is 3.18. The molecule has 92 valence electrons. The first-order valence-electron chi connectivity index (χ1n) is 5.73. The van der Waals surface area contributed by atoms with Crippen LogP contribution in [0.25, 0.3) is 0 Å². The van der Waals surface area contributed by atoms with Crippen molar-refractivity contribution in [3.63, 3.8) is 0 Å². The van der Waals surface area contributed by atoms with Gasteiger partial charge in [-0.15, -0.1) is 9.24 Å². The van der Waals surface area contributed by atoms with Crippen LogP contribution in [0, 0.1) is 11.3 Å². The van der Waals surface area contributed by atoms with E-state index >= 15 is 0 Å². The Labute approximate surface area is 98.9 Å². The summed E-state index contributed by atoms with van der Waals surface area (Å²) >= 11 is 0. The van der Waals surface area contributed by atoms with Crippen molar-refractivity contribution in [3.8, 4) is 0 Å². The Morgan fingerprint density at radius 3 is 2.38 bits per heavy atom. The molecule has 5 heteroatoms. The molecule has 0 aliphatic heterocycles. The predicted octanol–water partition coefficient (Wildman–Crippen LogP) is 1.01. The molecule has 4 nitrogen and oxygen atoms in total. The summed E-state index contributed by atoms with van der Waals surface area (Å²) in [6, 6.07) is 0.